The Labute approximate surface area is 153 Å². The largest absolute Gasteiger partial charge is 0.336 e. The molecule has 0 spiro atoms. The quantitative estimate of drug-likeness (QED) is 0.647. The van der Waals surface area contributed by atoms with E-state index in [0.29, 0.717) is 22.6 Å². The van der Waals surface area contributed by atoms with E-state index >= 15 is 0 Å². The van der Waals surface area contributed by atoms with Crippen molar-refractivity contribution in [2.75, 3.05) is 19.0 Å². The summed E-state index contributed by atoms with van der Waals surface area (Å²) in [6, 6.07) is 7.16. The number of nitrogens with zero attached hydrogens (tertiary/aromatic N) is 1. The van der Waals surface area contributed by atoms with Gasteiger partial charge in [0.25, 0.3) is 5.91 Å². The molecule has 25 heavy (non-hydrogen) atoms. The highest BCUT2D eigenvalue weighted by Gasteiger charge is 2.15. The third-order valence-corrected chi connectivity index (χ3v) is 5.08. The number of rotatable bonds is 8. The van der Waals surface area contributed by atoms with Crippen molar-refractivity contribution in [1.82, 2.24) is 9.71 Å². The summed E-state index contributed by atoms with van der Waals surface area (Å²) in [6.45, 7) is -0.706. The second-order valence-electron chi connectivity index (χ2n) is 4.72. The zero-order chi connectivity index (χ0) is 18.4. The van der Waals surface area contributed by atoms with Gasteiger partial charge in [-0.3, -0.25) is 14.9 Å². The van der Waals surface area contributed by atoms with Crippen LogP contribution in [0.2, 0.25) is 5.02 Å². The maximum Gasteiger partial charge on any atom is 0.336 e. The second-order valence-corrected chi connectivity index (χ2v) is 7.79. The van der Waals surface area contributed by atoms with E-state index in [2.05, 4.69) is 14.5 Å². The highest BCUT2D eigenvalue weighted by atomic mass is 35.5. The van der Waals surface area contributed by atoms with Crippen molar-refractivity contribution in [3.8, 4) is 0 Å². The van der Waals surface area contributed by atoms with E-state index in [4.69, 9.17) is 11.6 Å². The molecule has 0 unspecified atom stereocenters. The first-order chi connectivity index (χ1) is 11.8. The van der Waals surface area contributed by atoms with Gasteiger partial charge in [0.15, 0.2) is 11.4 Å². The standard InChI is InChI=1S/C14H14ClN3O5S2/c1-16-25(21,22)23-8-13(20)18-14-17-11(7-19)12(24-14)6-9-3-2-4-10(15)5-9/h2-5,7,16H,6,8H2,1H3,(H,17,18,20). The van der Waals surface area contributed by atoms with E-state index in [1.807, 2.05) is 10.8 Å². The average Bonchev–Trinajstić information content (AvgIpc) is 2.94. The molecule has 0 saturated heterocycles. The van der Waals surface area contributed by atoms with Crippen molar-refractivity contribution in [2.45, 2.75) is 6.42 Å². The first kappa shape index (κ1) is 19.5. The number of nitrogens with one attached hydrogen (secondary N) is 2. The van der Waals surface area contributed by atoms with Gasteiger partial charge in [-0.2, -0.15) is 13.1 Å². The number of anilines is 1. The van der Waals surface area contributed by atoms with Gasteiger partial charge in [-0.1, -0.05) is 23.7 Å². The SMILES string of the molecule is CNS(=O)(=O)OCC(=O)Nc1nc(C=O)c(Cc2cccc(Cl)c2)s1. The van der Waals surface area contributed by atoms with Crippen LogP contribution in [0.25, 0.3) is 0 Å². The molecule has 0 atom stereocenters. The minimum Gasteiger partial charge on any atom is -0.300 e. The monoisotopic (exact) mass is 403 g/mol. The minimum atomic E-state index is -3.96. The Morgan fingerprint density at radius 1 is 1.44 bits per heavy atom. The summed E-state index contributed by atoms with van der Waals surface area (Å²) in [5.74, 6) is -0.709. The van der Waals surface area contributed by atoms with Gasteiger partial charge in [0, 0.05) is 23.4 Å². The molecule has 0 aliphatic carbocycles. The van der Waals surface area contributed by atoms with E-state index in [1.54, 1.807) is 18.2 Å². The lowest BCUT2D eigenvalue weighted by atomic mass is 10.1. The molecule has 8 nitrogen and oxygen atoms in total. The van der Waals surface area contributed by atoms with Crippen molar-refractivity contribution in [3.63, 3.8) is 0 Å². The van der Waals surface area contributed by atoms with E-state index in [-0.39, 0.29) is 10.8 Å². The number of aromatic nitrogens is 1. The Hall–Kier alpha value is -1.85. The second kappa shape index (κ2) is 8.50. The third-order valence-electron chi connectivity index (χ3n) is 2.93. The Morgan fingerprint density at radius 3 is 2.84 bits per heavy atom. The van der Waals surface area contributed by atoms with Gasteiger partial charge in [-0.05, 0) is 17.7 Å². The molecule has 0 aliphatic rings. The van der Waals surface area contributed by atoms with Crippen LogP contribution >= 0.6 is 22.9 Å². The van der Waals surface area contributed by atoms with Crippen LogP contribution in [0.15, 0.2) is 24.3 Å². The van der Waals surface area contributed by atoms with Gasteiger partial charge < -0.3 is 0 Å². The number of halogens is 1. The number of carbonyl (C=O) groups is 2. The third kappa shape index (κ3) is 5.87. The number of aldehydes is 1. The zero-order valence-corrected chi connectivity index (χ0v) is 15.4. The molecule has 2 rings (SSSR count). The van der Waals surface area contributed by atoms with Crippen molar-refractivity contribution in [2.24, 2.45) is 0 Å². The van der Waals surface area contributed by atoms with Crippen LogP contribution < -0.4 is 10.0 Å². The summed E-state index contributed by atoms with van der Waals surface area (Å²) in [4.78, 5) is 27.6. The fourth-order valence-corrected chi connectivity index (χ4v) is 3.39. The maximum atomic E-state index is 11.7. The molecule has 0 aliphatic heterocycles. The molecule has 0 radical (unpaired) electrons. The predicted octanol–water partition coefficient (Wildman–Crippen LogP) is 1.62. The molecule has 0 saturated carbocycles. The summed E-state index contributed by atoms with van der Waals surface area (Å²) >= 11 is 7.05. The lowest BCUT2D eigenvalue weighted by Crippen LogP contribution is -2.27. The molecule has 0 fully saturated rings. The first-order valence-electron chi connectivity index (χ1n) is 6.90. The van der Waals surface area contributed by atoms with E-state index in [0.717, 1.165) is 23.9 Å². The predicted molar refractivity (Wildman–Crippen MR) is 94.3 cm³/mol. The molecule has 2 N–H and O–H groups in total. The van der Waals surface area contributed by atoms with Gasteiger partial charge >= 0.3 is 10.3 Å². The van der Waals surface area contributed by atoms with Crippen LogP contribution in [0.1, 0.15) is 20.9 Å². The maximum absolute atomic E-state index is 11.7. The Bertz CT molecular complexity index is 882. The molecular formula is C14H14ClN3O5S2. The Morgan fingerprint density at radius 2 is 2.20 bits per heavy atom. The Kier molecular flexibility index (Phi) is 6.62. The highest BCUT2D eigenvalue weighted by Crippen LogP contribution is 2.25. The molecule has 1 heterocycles. The van der Waals surface area contributed by atoms with Gasteiger partial charge in [-0.25, -0.2) is 9.17 Å². The van der Waals surface area contributed by atoms with Crippen LogP contribution in [0.3, 0.4) is 0 Å². The first-order valence-corrected chi connectivity index (χ1v) is 9.50. The number of carbonyl (C=O) groups excluding carboxylic acids is 2. The fraction of sp³-hybridized carbons (Fsp3) is 0.214. The average molecular weight is 404 g/mol. The van der Waals surface area contributed by atoms with Gasteiger partial charge in [0.1, 0.15) is 12.3 Å². The van der Waals surface area contributed by atoms with Crippen molar-refractivity contribution in [3.05, 3.63) is 45.4 Å². The smallest absolute Gasteiger partial charge is 0.300 e. The molecule has 2 aromatic rings. The molecule has 0 bridgehead atoms. The lowest BCUT2D eigenvalue weighted by Gasteiger charge is -2.03. The summed E-state index contributed by atoms with van der Waals surface area (Å²) in [5, 5.41) is 3.15. The van der Waals surface area contributed by atoms with Crippen LogP contribution in [0.5, 0.6) is 0 Å². The topological polar surface area (TPSA) is 114 Å². The number of hydrogen-bond acceptors (Lipinski definition) is 7. The van der Waals surface area contributed by atoms with Crippen molar-refractivity contribution >= 4 is 50.6 Å². The highest BCUT2D eigenvalue weighted by molar-refractivity contribution is 7.84. The van der Waals surface area contributed by atoms with Gasteiger partial charge in [0.2, 0.25) is 0 Å². The molecule has 11 heteroatoms. The zero-order valence-electron chi connectivity index (χ0n) is 13.0. The summed E-state index contributed by atoms with van der Waals surface area (Å²) in [7, 11) is -2.80. The van der Waals surface area contributed by atoms with E-state index in [9.17, 15) is 18.0 Å². The summed E-state index contributed by atoms with van der Waals surface area (Å²) < 4.78 is 28.6. The number of benzene rings is 1. The van der Waals surface area contributed by atoms with E-state index < -0.39 is 22.8 Å². The van der Waals surface area contributed by atoms with Gasteiger partial charge in [-0.15, -0.1) is 11.3 Å². The molecule has 134 valence electrons. The van der Waals surface area contributed by atoms with Crippen LogP contribution in [-0.4, -0.2) is 39.2 Å². The molecule has 1 amide bonds. The minimum absolute atomic E-state index is 0.176. The Balaban J connectivity index is 2.07. The number of amides is 1. The number of hydrogen-bond donors (Lipinski definition) is 2. The van der Waals surface area contributed by atoms with Gasteiger partial charge in [0.05, 0.1) is 0 Å². The van der Waals surface area contributed by atoms with Crippen LogP contribution in [0, 0.1) is 0 Å². The molecular weight excluding hydrogens is 390 g/mol. The normalized spacial score (nSPS) is 11.3. The van der Waals surface area contributed by atoms with E-state index in [1.165, 1.54) is 0 Å². The van der Waals surface area contributed by atoms with Crippen LogP contribution in [-0.2, 0) is 25.7 Å². The van der Waals surface area contributed by atoms with Crippen molar-refractivity contribution in [1.29, 1.82) is 0 Å². The molecule has 1 aromatic carbocycles. The molecule has 1 aromatic heterocycles. The summed E-state index contributed by atoms with van der Waals surface area (Å²) in [6.07, 6.45) is 1.01. The lowest BCUT2D eigenvalue weighted by molar-refractivity contribution is -0.118. The number of thiazole rings is 1. The summed E-state index contributed by atoms with van der Waals surface area (Å²) in [5.41, 5.74) is 1.09. The van der Waals surface area contributed by atoms with Crippen molar-refractivity contribution < 1.29 is 22.2 Å². The fourth-order valence-electron chi connectivity index (χ4n) is 1.81. The van der Waals surface area contributed by atoms with Crippen LogP contribution in [0.4, 0.5) is 5.13 Å².